The molecule has 3 aromatic heterocycles. The second kappa shape index (κ2) is 7.67. The Bertz CT molecular complexity index is 1030. The van der Waals surface area contributed by atoms with Crippen LogP contribution in [0.3, 0.4) is 0 Å². The van der Waals surface area contributed by atoms with E-state index in [1.54, 1.807) is 37.1 Å². The Balaban J connectivity index is 2.32. The van der Waals surface area contributed by atoms with Crippen molar-refractivity contribution in [2.24, 2.45) is 0 Å². The highest BCUT2D eigenvalue weighted by atomic mass is 16.5. The van der Waals surface area contributed by atoms with E-state index in [1.807, 2.05) is 6.92 Å². The third kappa shape index (κ3) is 3.33. The monoisotopic (exact) mass is 371 g/mol. The summed E-state index contributed by atoms with van der Waals surface area (Å²) in [6.07, 6.45) is 3.19. The Morgan fingerprint density at radius 2 is 1.93 bits per heavy atom. The fourth-order valence-corrected chi connectivity index (χ4v) is 2.97. The van der Waals surface area contributed by atoms with Gasteiger partial charge in [-0.1, -0.05) is 0 Å². The first-order valence-corrected chi connectivity index (χ1v) is 8.34. The Morgan fingerprint density at radius 3 is 2.59 bits per heavy atom. The molecule has 0 aliphatic carbocycles. The lowest BCUT2D eigenvalue weighted by Gasteiger charge is -2.18. The van der Waals surface area contributed by atoms with Gasteiger partial charge in [-0.2, -0.15) is 4.98 Å². The third-order valence-electron chi connectivity index (χ3n) is 4.18. The van der Waals surface area contributed by atoms with Gasteiger partial charge in [-0.3, -0.25) is 14.3 Å². The molecule has 0 saturated carbocycles. The van der Waals surface area contributed by atoms with Gasteiger partial charge in [0.25, 0.3) is 5.56 Å². The lowest BCUT2D eigenvalue weighted by atomic mass is 10.1. The standard InChI is InChI=1S/C18H21N5O4/c1-10(9-25-3)23-13-6-7-19-14(15(13)21-11(2)17(23)24)12-8-20-18(27-5)22-16(12)26-4/h6-8,10H,9H2,1-5H3/t10-/m0/s1. The number of hydrogen-bond acceptors (Lipinski definition) is 8. The lowest BCUT2D eigenvalue weighted by Crippen LogP contribution is -2.29. The smallest absolute Gasteiger partial charge is 0.319 e. The molecule has 0 aliphatic rings. The molecule has 0 fully saturated rings. The molecule has 0 unspecified atom stereocenters. The van der Waals surface area contributed by atoms with E-state index in [0.29, 0.717) is 40.5 Å². The summed E-state index contributed by atoms with van der Waals surface area (Å²) >= 11 is 0. The van der Waals surface area contributed by atoms with Crippen molar-refractivity contribution < 1.29 is 14.2 Å². The lowest BCUT2D eigenvalue weighted by molar-refractivity contribution is 0.162. The number of pyridine rings is 1. The molecular formula is C18H21N5O4. The van der Waals surface area contributed by atoms with E-state index < -0.39 is 0 Å². The maximum atomic E-state index is 12.7. The van der Waals surface area contributed by atoms with E-state index in [-0.39, 0.29) is 17.6 Å². The highest BCUT2D eigenvalue weighted by Crippen LogP contribution is 2.31. The summed E-state index contributed by atoms with van der Waals surface area (Å²) in [6.45, 7) is 3.99. The zero-order valence-corrected chi connectivity index (χ0v) is 15.9. The molecule has 3 rings (SSSR count). The minimum atomic E-state index is -0.170. The Hall–Kier alpha value is -3.07. The van der Waals surface area contributed by atoms with E-state index in [0.717, 1.165) is 0 Å². The van der Waals surface area contributed by atoms with Crippen LogP contribution < -0.4 is 15.0 Å². The first kappa shape index (κ1) is 18.7. The van der Waals surface area contributed by atoms with Gasteiger partial charge in [0.15, 0.2) is 0 Å². The average molecular weight is 371 g/mol. The number of nitrogens with zero attached hydrogens (tertiary/aromatic N) is 5. The zero-order valence-electron chi connectivity index (χ0n) is 15.9. The molecule has 0 amide bonds. The summed E-state index contributed by atoms with van der Waals surface area (Å²) in [5.41, 5.74) is 2.49. The highest BCUT2D eigenvalue weighted by Gasteiger charge is 2.20. The molecule has 0 aliphatic heterocycles. The molecule has 142 valence electrons. The van der Waals surface area contributed by atoms with Gasteiger partial charge in [0.05, 0.1) is 37.9 Å². The summed E-state index contributed by atoms with van der Waals surface area (Å²) in [6, 6.07) is 1.77. The molecule has 0 aromatic carbocycles. The summed E-state index contributed by atoms with van der Waals surface area (Å²) < 4.78 is 17.3. The van der Waals surface area contributed by atoms with Crippen LogP contribution in [0.2, 0.25) is 0 Å². The Kier molecular flexibility index (Phi) is 5.31. The molecule has 27 heavy (non-hydrogen) atoms. The van der Waals surface area contributed by atoms with Crippen molar-refractivity contribution in [1.82, 2.24) is 24.5 Å². The molecule has 0 N–H and O–H groups in total. The van der Waals surface area contributed by atoms with Crippen molar-refractivity contribution in [3.8, 4) is 23.1 Å². The van der Waals surface area contributed by atoms with Gasteiger partial charge < -0.3 is 14.2 Å². The predicted octanol–water partition coefficient (Wildman–Crippen LogP) is 1.78. The van der Waals surface area contributed by atoms with Crippen LogP contribution >= 0.6 is 0 Å². The van der Waals surface area contributed by atoms with Gasteiger partial charge in [0.1, 0.15) is 16.9 Å². The molecule has 3 aromatic rings. The van der Waals surface area contributed by atoms with Crippen LogP contribution in [0.25, 0.3) is 22.3 Å². The number of fused-ring (bicyclic) bond motifs is 1. The van der Waals surface area contributed by atoms with Gasteiger partial charge in [0, 0.05) is 19.5 Å². The summed E-state index contributed by atoms with van der Waals surface area (Å²) in [7, 11) is 4.58. The van der Waals surface area contributed by atoms with Crippen LogP contribution in [0.5, 0.6) is 11.9 Å². The normalized spacial score (nSPS) is 12.2. The van der Waals surface area contributed by atoms with E-state index in [9.17, 15) is 4.79 Å². The topological polar surface area (TPSA) is 101 Å². The maximum absolute atomic E-state index is 12.7. The Morgan fingerprint density at radius 1 is 1.15 bits per heavy atom. The second-order valence-electron chi connectivity index (χ2n) is 5.98. The van der Waals surface area contributed by atoms with Crippen molar-refractivity contribution in [2.45, 2.75) is 19.9 Å². The molecule has 9 heteroatoms. The van der Waals surface area contributed by atoms with Crippen LogP contribution in [-0.4, -0.2) is 52.4 Å². The largest absolute Gasteiger partial charge is 0.480 e. The number of aromatic nitrogens is 5. The van der Waals surface area contributed by atoms with Crippen LogP contribution in [-0.2, 0) is 4.74 Å². The number of methoxy groups -OCH3 is 3. The molecule has 1 atom stereocenters. The van der Waals surface area contributed by atoms with Crippen molar-refractivity contribution in [3.05, 3.63) is 34.5 Å². The maximum Gasteiger partial charge on any atom is 0.319 e. The third-order valence-corrected chi connectivity index (χ3v) is 4.18. The first-order chi connectivity index (χ1) is 13.0. The van der Waals surface area contributed by atoms with Crippen LogP contribution in [0.15, 0.2) is 23.3 Å². The summed E-state index contributed by atoms with van der Waals surface area (Å²) in [5, 5.41) is 0. The predicted molar refractivity (Wildman–Crippen MR) is 99.3 cm³/mol. The fraction of sp³-hybridized carbons (Fsp3) is 0.389. The SMILES string of the molecule is COC[C@H](C)n1c(=O)c(C)nc2c(-c3cnc(OC)nc3OC)nccc21. The van der Waals surface area contributed by atoms with Crippen molar-refractivity contribution in [2.75, 3.05) is 27.9 Å². The van der Waals surface area contributed by atoms with Gasteiger partial charge in [-0.15, -0.1) is 0 Å². The number of rotatable bonds is 6. The molecule has 0 radical (unpaired) electrons. The van der Waals surface area contributed by atoms with Crippen LogP contribution in [0, 0.1) is 6.92 Å². The quantitative estimate of drug-likeness (QED) is 0.646. The number of ether oxygens (including phenoxy) is 3. The minimum absolute atomic E-state index is 0.165. The van der Waals surface area contributed by atoms with E-state index in [2.05, 4.69) is 19.9 Å². The van der Waals surface area contributed by atoms with Crippen molar-refractivity contribution in [3.63, 3.8) is 0 Å². The molecule has 0 saturated heterocycles. The van der Waals surface area contributed by atoms with Crippen LogP contribution in [0.4, 0.5) is 0 Å². The van der Waals surface area contributed by atoms with E-state index in [1.165, 1.54) is 14.2 Å². The van der Waals surface area contributed by atoms with E-state index in [4.69, 9.17) is 14.2 Å². The number of aryl methyl sites for hydroxylation is 1. The molecular weight excluding hydrogens is 350 g/mol. The van der Waals surface area contributed by atoms with Gasteiger partial charge in [0.2, 0.25) is 5.88 Å². The fourth-order valence-electron chi connectivity index (χ4n) is 2.97. The van der Waals surface area contributed by atoms with Crippen LogP contribution in [0.1, 0.15) is 18.7 Å². The molecule has 3 heterocycles. The van der Waals surface area contributed by atoms with Gasteiger partial charge in [-0.05, 0) is 19.9 Å². The second-order valence-corrected chi connectivity index (χ2v) is 5.98. The summed E-state index contributed by atoms with van der Waals surface area (Å²) in [5.74, 6) is 0.309. The van der Waals surface area contributed by atoms with Crippen molar-refractivity contribution in [1.29, 1.82) is 0 Å². The molecule has 0 bridgehead atoms. The average Bonchev–Trinajstić information content (AvgIpc) is 2.68. The Labute approximate surface area is 156 Å². The highest BCUT2D eigenvalue weighted by molar-refractivity contribution is 5.90. The minimum Gasteiger partial charge on any atom is -0.480 e. The number of hydrogen-bond donors (Lipinski definition) is 0. The van der Waals surface area contributed by atoms with Gasteiger partial charge in [-0.25, -0.2) is 9.97 Å². The summed E-state index contributed by atoms with van der Waals surface area (Å²) in [4.78, 5) is 30.0. The molecule has 0 spiro atoms. The van der Waals surface area contributed by atoms with Gasteiger partial charge >= 0.3 is 6.01 Å². The zero-order chi connectivity index (χ0) is 19.6. The van der Waals surface area contributed by atoms with Crippen molar-refractivity contribution >= 4 is 11.0 Å². The first-order valence-electron chi connectivity index (χ1n) is 8.34. The molecule has 9 nitrogen and oxygen atoms in total. The van der Waals surface area contributed by atoms with E-state index >= 15 is 0 Å².